The first kappa shape index (κ1) is 12.2. The van der Waals surface area contributed by atoms with Crippen molar-refractivity contribution in [2.75, 3.05) is 0 Å². The first-order valence-electron chi connectivity index (χ1n) is 6.22. The molecule has 3 N–H and O–H groups in total. The van der Waals surface area contributed by atoms with Gasteiger partial charge in [-0.2, -0.15) is 0 Å². The third-order valence-electron chi connectivity index (χ3n) is 3.23. The van der Waals surface area contributed by atoms with E-state index in [1.54, 1.807) is 6.07 Å². The molecule has 0 saturated carbocycles. The van der Waals surface area contributed by atoms with Crippen LogP contribution in [0, 0.1) is 6.92 Å². The van der Waals surface area contributed by atoms with Gasteiger partial charge in [0.2, 0.25) is 0 Å². The molecule has 0 aliphatic heterocycles. The van der Waals surface area contributed by atoms with Gasteiger partial charge in [0, 0.05) is 11.6 Å². The quantitative estimate of drug-likeness (QED) is 0.324. The summed E-state index contributed by atoms with van der Waals surface area (Å²) in [4.78, 5) is 4.67. The fourth-order valence-electron chi connectivity index (χ4n) is 2.28. The van der Waals surface area contributed by atoms with Gasteiger partial charge >= 0.3 is 0 Å². The van der Waals surface area contributed by atoms with Gasteiger partial charge in [-0.3, -0.25) is 4.57 Å². The average molecular weight is 266 g/mol. The second-order valence-corrected chi connectivity index (χ2v) is 4.57. The minimum Gasteiger partial charge on any atom is -0.409 e. The molecule has 1 aromatic carbocycles. The molecule has 0 amide bonds. The van der Waals surface area contributed by atoms with Crippen molar-refractivity contribution >= 4 is 16.7 Å². The van der Waals surface area contributed by atoms with E-state index in [-0.39, 0.29) is 5.84 Å². The molecule has 0 aliphatic rings. The number of fused-ring (bicyclic) bond motifs is 1. The van der Waals surface area contributed by atoms with Crippen molar-refractivity contribution in [3.63, 3.8) is 0 Å². The fraction of sp³-hybridized carbons (Fsp3) is 0.0667. The topological polar surface area (TPSA) is 76.4 Å². The number of amidine groups is 1. The Balaban J connectivity index is 2.25. The number of hydrogen-bond donors (Lipinski definition) is 2. The summed E-state index contributed by atoms with van der Waals surface area (Å²) in [6, 6.07) is 13.6. The highest BCUT2D eigenvalue weighted by Crippen LogP contribution is 2.20. The van der Waals surface area contributed by atoms with Crippen molar-refractivity contribution in [1.29, 1.82) is 0 Å². The van der Waals surface area contributed by atoms with E-state index >= 15 is 0 Å². The smallest absolute Gasteiger partial charge is 0.187 e. The van der Waals surface area contributed by atoms with Crippen LogP contribution in [-0.2, 0) is 0 Å². The SMILES string of the molecule is Cc1cc2ccccc2nc1-n1cccc1/C(N)=N/O. The Morgan fingerprint density at radius 2 is 2.05 bits per heavy atom. The van der Waals surface area contributed by atoms with Crippen LogP contribution in [0.1, 0.15) is 11.3 Å². The highest BCUT2D eigenvalue weighted by molar-refractivity contribution is 5.96. The monoisotopic (exact) mass is 266 g/mol. The highest BCUT2D eigenvalue weighted by atomic mass is 16.4. The van der Waals surface area contributed by atoms with E-state index < -0.39 is 0 Å². The zero-order chi connectivity index (χ0) is 14.1. The first-order valence-corrected chi connectivity index (χ1v) is 6.22. The van der Waals surface area contributed by atoms with Crippen LogP contribution < -0.4 is 5.73 Å². The molecular formula is C15H14N4O. The maximum atomic E-state index is 8.85. The molecule has 0 aliphatic carbocycles. The van der Waals surface area contributed by atoms with Crippen LogP contribution in [0.4, 0.5) is 0 Å². The van der Waals surface area contributed by atoms with Crippen LogP contribution in [0.2, 0.25) is 0 Å². The Labute approximate surface area is 116 Å². The van der Waals surface area contributed by atoms with Gasteiger partial charge in [0.05, 0.1) is 11.2 Å². The summed E-state index contributed by atoms with van der Waals surface area (Å²) in [6.07, 6.45) is 1.84. The number of aromatic nitrogens is 2. The molecule has 0 radical (unpaired) electrons. The number of nitrogens with zero attached hydrogens (tertiary/aromatic N) is 3. The molecule has 0 unspecified atom stereocenters. The molecule has 2 heterocycles. The van der Waals surface area contributed by atoms with E-state index in [1.165, 1.54) is 0 Å². The minimum absolute atomic E-state index is 0.0596. The number of benzene rings is 1. The number of oxime groups is 1. The lowest BCUT2D eigenvalue weighted by Crippen LogP contribution is -2.18. The van der Waals surface area contributed by atoms with Gasteiger partial charge in [-0.15, -0.1) is 0 Å². The fourth-order valence-corrected chi connectivity index (χ4v) is 2.28. The molecule has 5 heteroatoms. The van der Waals surface area contributed by atoms with Gasteiger partial charge in [-0.1, -0.05) is 23.4 Å². The van der Waals surface area contributed by atoms with Crippen molar-refractivity contribution < 1.29 is 5.21 Å². The molecular weight excluding hydrogens is 252 g/mol. The first-order chi connectivity index (χ1) is 9.70. The van der Waals surface area contributed by atoms with Crippen molar-refractivity contribution in [3.05, 3.63) is 59.9 Å². The number of aryl methyl sites for hydroxylation is 1. The van der Waals surface area contributed by atoms with Gasteiger partial charge in [-0.05, 0) is 36.8 Å². The van der Waals surface area contributed by atoms with Crippen LogP contribution in [0.15, 0.2) is 53.8 Å². The van der Waals surface area contributed by atoms with Gasteiger partial charge in [0.15, 0.2) is 5.84 Å². The normalized spacial score (nSPS) is 11.9. The minimum atomic E-state index is 0.0596. The van der Waals surface area contributed by atoms with Crippen LogP contribution in [0.3, 0.4) is 0 Å². The zero-order valence-corrected chi connectivity index (χ0v) is 11.0. The van der Waals surface area contributed by atoms with E-state index in [0.29, 0.717) is 5.69 Å². The van der Waals surface area contributed by atoms with Gasteiger partial charge in [0.1, 0.15) is 5.82 Å². The summed E-state index contributed by atoms with van der Waals surface area (Å²) < 4.78 is 1.82. The lowest BCUT2D eigenvalue weighted by molar-refractivity contribution is 0.318. The second-order valence-electron chi connectivity index (χ2n) is 4.57. The Morgan fingerprint density at radius 3 is 2.85 bits per heavy atom. The number of hydrogen-bond acceptors (Lipinski definition) is 3. The largest absolute Gasteiger partial charge is 0.409 e. The van der Waals surface area contributed by atoms with E-state index in [0.717, 1.165) is 22.3 Å². The maximum Gasteiger partial charge on any atom is 0.187 e. The van der Waals surface area contributed by atoms with Crippen LogP contribution in [-0.4, -0.2) is 20.6 Å². The summed E-state index contributed by atoms with van der Waals surface area (Å²) >= 11 is 0. The number of pyridine rings is 1. The molecule has 0 saturated heterocycles. The van der Waals surface area contributed by atoms with Crippen molar-refractivity contribution in [1.82, 2.24) is 9.55 Å². The second kappa shape index (κ2) is 4.70. The maximum absolute atomic E-state index is 8.85. The van der Waals surface area contributed by atoms with Crippen LogP contribution in [0.5, 0.6) is 0 Å². The molecule has 0 fully saturated rings. The van der Waals surface area contributed by atoms with Crippen molar-refractivity contribution in [2.24, 2.45) is 10.9 Å². The Kier molecular flexibility index (Phi) is 2.87. The summed E-state index contributed by atoms with van der Waals surface area (Å²) in [5, 5.41) is 13.0. The molecule has 2 aromatic heterocycles. The van der Waals surface area contributed by atoms with Crippen LogP contribution >= 0.6 is 0 Å². The van der Waals surface area contributed by atoms with E-state index in [1.807, 2.05) is 48.0 Å². The number of para-hydroxylation sites is 1. The average Bonchev–Trinajstić information content (AvgIpc) is 2.95. The van der Waals surface area contributed by atoms with E-state index in [2.05, 4.69) is 16.2 Å². The van der Waals surface area contributed by atoms with Gasteiger partial charge in [0.25, 0.3) is 0 Å². The summed E-state index contributed by atoms with van der Waals surface area (Å²) in [5.41, 5.74) is 8.23. The Morgan fingerprint density at radius 1 is 1.25 bits per heavy atom. The summed E-state index contributed by atoms with van der Waals surface area (Å²) in [6.45, 7) is 1.99. The number of rotatable bonds is 2. The predicted octanol–water partition coefficient (Wildman–Crippen LogP) is 2.43. The molecule has 0 atom stereocenters. The molecule has 5 nitrogen and oxygen atoms in total. The standard InChI is InChI=1S/C15H14N4O/c1-10-9-11-5-2-3-6-12(11)17-15(10)19-8-4-7-13(19)14(16)18-20/h2-9,20H,1H3,(H2,16,18). The van der Waals surface area contributed by atoms with E-state index in [9.17, 15) is 0 Å². The molecule has 3 aromatic rings. The van der Waals surface area contributed by atoms with Crippen LogP contribution in [0.25, 0.3) is 16.7 Å². The summed E-state index contributed by atoms with van der Waals surface area (Å²) in [5.74, 6) is 0.833. The lowest BCUT2D eigenvalue weighted by Gasteiger charge is -2.11. The highest BCUT2D eigenvalue weighted by Gasteiger charge is 2.11. The van der Waals surface area contributed by atoms with Crippen molar-refractivity contribution in [3.8, 4) is 5.82 Å². The molecule has 3 rings (SSSR count). The lowest BCUT2D eigenvalue weighted by atomic mass is 10.1. The van der Waals surface area contributed by atoms with Crippen molar-refractivity contribution in [2.45, 2.75) is 6.92 Å². The third-order valence-corrected chi connectivity index (χ3v) is 3.23. The number of nitrogens with two attached hydrogens (primary N) is 1. The Bertz CT molecular complexity index is 804. The van der Waals surface area contributed by atoms with Gasteiger partial charge < -0.3 is 10.9 Å². The summed E-state index contributed by atoms with van der Waals surface area (Å²) in [7, 11) is 0. The van der Waals surface area contributed by atoms with Gasteiger partial charge in [-0.25, -0.2) is 4.98 Å². The molecule has 20 heavy (non-hydrogen) atoms. The zero-order valence-electron chi connectivity index (χ0n) is 11.0. The van der Waals surface area contributed by atoms with E-state index in [4.69, 9.17) is 10.9 Å². The Hall–Kier alpha value is -2.82. The predicted molar refractivity (Wildman–Crippen MR) is 78.3 cm³/mol. The third kappa shape index (κ3) is 1.89. The molecule has 0 spiro atoms. The molecule has 0 bridgehead atoms. The molecule has 100 valence electrons.